The number of hydrogen-bond donors (Lipinski definition) is 0. The maximum absolute atomic E-state index is 3.82. The molecule has 0 aliphatic rings. The lowest BCUT2D eigenvalue weighted by atomic mass is 10.0. The van der Waals surface area contributed by atoms with Gasteiger partial charge in [0, 0.05) is 0 Å². The summed E-state index contributed by atoms with van der Waals surface area (Å²) in [5.74, 6) is 0.767. The molecule has 0 atom stereocenters. The zero-order chi connectivity index (χ0) is 8.53. The van der Waals surface area contributed by atoms with Gasteiger partial charge in [-0.2, -0.15) is 0 Å². The van der Waals surface area contributed by atoms with Gasteiger partial charge in [0.2, 0.25) is 0 Å². The first-order valence-corrected chi connectivity index (χ1v) is 4.90. The first kappa shape index (κ1) is 11.0. The van der Waals surface area contributed by atoms with E-state index < -0.39 is 0 Å². The van der Waals surface area contributed by atoms with Crippen molar-refractivity contribution in [3.63, 3.8) is 0 Å². The van der Waals surface area contributed by atoms with Crippen LogP contribution in [0.1, 0.15) is 52.4 Å². The summed E-state index contributed by atoms with van der Waals surface area (Å²) in [6.45, 7) is 8.32. The number of unbranched alkanes of at least 4 members (excludes halogenated alkanes) is 5. The molecular weight excluding hydrogens is 132 g/mol. The van der Waals surface area contributed by atoms with E-state index in [-0.39, 0.29) is 0 Å². The fourth-order valence-corrected chi connectivity index (χ4v) is 1.13. The zero-order valence-electron chi connectivity index (χ0n) is 8.10. The fraction of sp³-hybridized carbons (Fsp3) is 0.818. The topological polar surface area (TPSA) is 0 Å². The molecule has 0 aromatic heterocycles. The molecule has 0 amide bonds. The maximum atomic E-state index is 3.82. The molecule has 0 aliphatic carbocycles. The summed E-state index contributed by atoms with van der Waals surface area (Å²) in [7, 11) is 0. The van der Waals surface area contributed by atoms with E-state index >= 15 is 0 Å². The second-order valence-electron chi connectivity index (χ2n) is 3.54. The average molecular weight is 154 g/mol. The second-order valence-corrected chi connectivity index (χ2v) is 3.54. The van der Waals surface area contributed by atoms with Crippen LogP contribution in [0.25, 0.3) is 0 Å². The van der Waals surface area contributed by atoms with E-state index in [1.54, 1.807) is 0 Å². The van der Waals surface area contributed by atoms with E-state index in [9.17, 15) is 0 Å². The van der Waals surface area contributed by atoms with Crippen LogP contribution in [0.5, 0.6) is 0 Å². The molecule has 0 aliphatic heterocycles. The summed E-state index contributed by atoms with van der Waals surface area (Å²) in [5.41, 5.74) is 0. The lowest BCUT2D eigenvalue weighted by Crippen LogP contribution is -1.88. The van der Waals surface area contributed by atoms with Crippen molar-refractivity contribution in [1.29, 1.82) is 0 Å². The SMILES string of the molecule is [CH2]CCCCCC[CH]C(C)C. The highest BCUT2D eigenvalue weighted by molar-refractivity contribution is 4.67. The van der Waals surface area contributed by atoms with Gasteiger partial charge in [-0.25, -0.2) is 0 Å². The molecule has 0 N–H and O–H groups in total. The molecular formula is C11H22. The summed E-state index contributed by atoms with van der Waals surface area (Å²) in [6.07, 6.45) is 10.3. The number of hydrogen-bond acceptors (Lipinski definition) is 0. The zero-order valence-corrected chi connectivity index (χ0v) is 8.10. The lowest BCUT2D eigenvalue weighted by Gasteiger charge is -2.02. The Morgan fingerprint density at radius 2 is 1.73 bits per heavy atom. The van der Waals surface area contributed by atoms with Crippen LogP contribution in [-0.4, -0.2) is 0 Å². The third-order valence-electron chi connectivity index (χ3n) is 1.84. The van der Waals surface area contributed by atoms with E-state index in [4.69, 9.17) is 0 Å². The van der Waals surface area contributed by atoms with Gasteiger partial charge in [0.05, 0.1) is 0 Å². The molecule has 0 spiro atoms. The predicted octanol–water partition coefficient (Wildman–Crippen LogP) is 4.02. The molecule has 0 aromatic rings. The molecule has 0 saturated carbocycles. The average Bonchev–Trinajstić information content (AvgIpc) is 1.96. The minimum absolute atomic E-state index is 0.767. The Morgan fingerprint density at radius 3 is 2.27 bits per heavy atom. The fourth-order valence-electron chi connectivity index (χ4n) is 1.13. The molecule has 0 bridgehead atoms. The van der Waals surface area contributed by atoms with Gasteiger partial charge in [0.25, 0.3) is 0 Å². The molecule has 66 valence electrons. The second kappa shape index (κ2) is 8.10. The molecule has 2 radical (unpaired) electrons. The molecule has 0 heteroatoms. The normalized spacial score (nSPS) is 10.9. The van der Waals surface area contributed by atoms with Crippen LogP contribution in [0.2, 0.25) is 0 Å². The molecule has 0 heterocycles. The Hall–Kier alpha value is 0. The third-order valence-corrected chi connectivity index (χ3v) is 1.84. The van der Waals surface area contributed by atoms with Gasteiger partial charge >= 0.3 is 0 Å². The van der Waals surface area contributed by atoms with Crippen LogP contribution in [0.4, 0.5) is 0 Å². The molecule has 0 unspecified atom stereocenters. The summed E-state index contributed by atoms with van der Waals surface area (Å²) < 4.78 is 0. The molecule has 0 nitrogen and oxygen atoms in total. The van der Waals surface area contributed by atoms with Crippen molar-refractivity contribution in [1.82, 2.24) is 0 Å². The molecule has 11 heavy (non-hydrogen) atoms. The van der Waals surface area contributed by atoms with Crippen molar-refractivity contribution >= 4 is 0 Å². The lowest BCUT2D eigenvalue weighted by molar-refractivity contribution is 0.608. The Balaban J connectivity index is 2.80. The predicted molar refractivity (Wildman–Crippen MR) is 52.2 cm³/mol. The highest BCUT2D eigenvalue weighted by Crippen LogP contribution is 2.09. The van der Waals surface area contributed by atoms with Crippen molar-refractivity contribution in [3.05, 3.63) is 13.3 Å². The van der Waals surface area contributed by atoms with Gasteiger partial charge in [-0.15, -0.1) is 0 Å². The Labute approximate surface area is 72.4 Å². The van der Waals surface area contributed by atoms with Crippen molar-refractivity contribution in [2.45, 2.75) is 52.4 Å². The van der Waals surface area contributed by atoms with Crippen molar-refractivity contribution < 1.29 is 0 Å². The number of rotatable bonds is 7. The summed E-state index contributed by atoms with van der Waals surface area (Å²) in [5, 5.41) is 0. The van der Waals surface area contributed by atoms with E-state index in [1.165, 1.54) is 32.1 Å². The Bertz CT molecular complexity index is 64.4. The van der Waals surface area contributed by atoms with Crippen LogP contribution in [0.15, 0.2) is 0 Å². The largest absolute Gasteiger partial charge is 0.0625 e. The smallest absolute Gasteiger partial charge is 0.0360 e. The van der Waals surface area contributed by atoms with Crippen LogP contribution >= 0.6 is 0 Å². The maximum Gasteiger partial charge on any atom is -0.0360 e. The van der Waals surface area contributed by atoms with Gasteiger partial charge in [-0.1, -0.05) is 52.9 Å². The van der Waals surface area contributed by atoms with Gasteiger partial charge in [0.1, 0.15) is 0 Å². The van der Waals surface area contributed by atoms with Gasteiger partial charge in [-0.3, -0.25) is 0 Å². The molecule has 0 rings (SSSR count). The molecule has 0 fully saturated rings. The highest BCUT2D eigenvalue weighted by Gasteiger charge is 1.93. The van der Waals surface area contributed by atoms with Crippen LogP contribution < -0.4 is 0 Å². The van der Waals surface area contributed by atoms with E-state index in [1.807, 2.05) is 0 Å². The van der Waals surface area contributed by atoms with E-state index in [0.717, 1.165) is 12.3 Å². The standard InChI is InChI=1S/C11H22/c1-4-5-6-7-8-9-10-11(2)3/h10-11H,1,4-9H2,2-3H3. The monoisotopic (exact) mass is 154 g/mol. The minimum Gasteiger partial charge on any atom is -0.0625 e. The van der Waals surface area contributed by atoms with Gasteiger partial charge in [-0.05, 0) is 18.8 Å². The van der Waals surface area contributed by atoms with Crippen LogP contribution in [0, 0.1) is 19.3 Å². The van der Waals surface area contributed by atoms with E-state index in [2.05, 4.69) is 27.2 Å². The van der Waals surface area contributed by atoms with Gasteiger partial charge in [0.15, 0.2) is 0 Å². The van der Waals surface area contributed by atoms with Crippen LogP contribution in [-0.2, 0) is 0 Å². The van der Waals surface area contributed by atoms with Gasteiger partial charge < -0.3 is 0 Å². The molecule has 0 aromatic carbocycles. The van der Waals surface area contributed by atoms with Crippen molar-refractivity contribution in [3.8, 4) is 0 Å². The first-order chi connectivity index (χ1) is 5.27. The summed E-state index contributed by atoms with van der Waals surface area (Å²) >= 11 is 0. The Morgan fingerprint density at radius 1 is 1.09 bits per heavy atom. The van der Waals surface area contributed by atoms with Crippen LogP contribution in [0.3, 0.4) is 0 Å². The Kier molecular flexibility index (Phi) is 8.10. The highest BCUT2D eigenvalue weighted by atomic mass is 14.0. The van der Waals surface area contributed by atoms with Crippen molar-refractivity contribution in [2.75, 3.05) is 0 Å². The van der Waals surface area contributed by atoms with Crippen molar-refractivity contribution in [2.24, 2.45) is 5.92 Å². The summed E-state index contributed by atoms with van der Waals surface area (Å²) in [6, 6.07) is 0. The quantitative estimate of drug-likeness (QED) is 0.486. The third kappa shape index (κ3) is 10.0. The molecule has 0 saturated heterocycles. The summed E-state index contributed by atoms with van der Waals surface area (Å²) in [4.78, 5) is 0. The van der Waals surface area contributed by atoms with E-state index in [0.29, 0.717) is 0 Å². The first-order valence-electron chi connectivity index (χ1n) is 4.90. The minimum atomic E-state index is 0.767.